The van der Waals surface area contributed by atoms with Crippen molar-refractivity contribution in [3.05, 3.63) is 59.7 Å². The summed E-state index contributed by atoms with van der Waals surface area (Å²) in [6.45, 7) is 0.103. The summed E-state index contributed by atoms with van der Waals surface area (Å²) in [5.74, 6) is 0.111. The molecule has 0 unspecified atom stereocenters. The molecule has 1 N–H and O–H groups in total. The van der Waals surface area contributed by atoms with E-state index in [0.29, 0.717) is 11.5 Å². The van der Waals surface area contributed by atoms with Crippen molar-refractivity contribution in [3.8, 4) is 11.5 Å². The molecule has 0 saturated heterocycles. The summed E-state index contributed by atoms with van der Waals surface area (Å²) in [4.78, 5) is 0. The molecule has 2 rings (SSSR count). The van der Waals surface area contributed by atoms with E-state index in [-0.39, 0.29) is 25.4 Å². The van der Waals surface area contributed by atoms with Gasteiger partial charge < -0.3 is 14.6 Å². The van der Waals surface area contributed by atoms with E-state index in [1.54, 1.807) is 24.3 Å². The van der Waals surface area contributed by atoms with Crippen LogP contribution >= 0.6 is 0 Å². The second kappa shape index (κ2) is 6.86. The molecule has 0 aliphatic rings. The molecule has 0 radical (unpaired) electrons. The Morgan fingerprint density at radius 2 is 1.55 bits per heavy atom. The van der Waals surface area contributed by atoms with Crippen LogP contribution in [-0.4, -0.2) is 18.3 Å². The van der Waals surface area contributed by atoms with E-state index in [2.05, 4.69) is 0 Å². The SMILES string of the molecule is OCCOc1ccc(OCc2cc(F)ccc2F)cc1. The molecule has 0 saturated carbocycles. The Hall–Kier alpha value is -2.14. The summed E-state index contributed by atoms with van der Waals surface area (Å²) in [5, 5.41) is 8.63. The third-order valence-electron chi connectivity index (χ3n) is 2.59. The number of benzene rings is 2. The van der Waals surface area contributed by atoms with Crippen LogP contribution in [0.2, 0.25) is 0 Å². The highest BCUT2D eigenvalue weighted by Gasteiger charge is 2.05. The van der Waals surface area contributed by atoms with Gasteiger partial charge in [-0.1, -0.05) is 0 Å². The maximum atomic E-state index is 13.4. The topological polar surface area (TPSA) is 38.7 Å². The predicted molar refractivity (Wildman–Crippen MR) is 69.7 cm³/mol. The minimum atomic E-state index is -0.505. The van der Waals surface area contributed by atoms with Gasteiger partial charge in [-0.05, 0) is 42.5 Å². The zero-order chi connectivity index (χ0) is 14.4. The van der Waals surface area contributed by atoms with Crippen molar-refractivity contribution < 1.29 is 23.4 Å². The number of hydrogen-bond acceptors (Lipinski definition) is 3. The van der Waals surface area contributed by atoms with Gasteiger partial charge in [0.15, 0.2) is 0 Å². The van der Waals surface area contributed by atoms with E-state index in [1.807, 2.05) is 0 Å². The summed E-state index contributed by atoms with van der Waals surface area (Å²) in [7, 11) is 0. The highest BCUT2D eigenvalue weighted by Crippen LogP contribution is 2.19. The monoisotopic (exact) mass is 280 g/mol. The number of aliphatic hydroxyl groups excluding tert-OH is 1. The Morgan fingerprint density at radius 3 is 2.20 bits per heavy atom. The molecule has 0 fully saturated rings. The average molecular weight is 280 g/mol. The quantitative estimate of drug-likeness (QED) is 0.884. The number of aliphatic hydroxyl groups is 1. The Balaban J connectivity index is 1.95. The third kappa shape index (κ3) is 3.93. The normalized spacial score (nSPS) is 10.3. The Morgan fingerprint density at radius 1 is 0.900 bits per heavy atom. The molecule has 0 aliphatic carbocycles. The molecule has 2 aromatic rings. The third-order valence-corrected chi connectivity index (χ3v) is 2.59. The van der Waals surface area contributed by atoms with Crippen molar-refractivity contribution >= 4 is 0 Å². The first-order chi connectivity index (χ1) is 9.69. The smallest absolute Gasteiger partial charge is 0.130 e. The second-order valence-corrected chi connectivity index (χ2v) is 4.07. The van der Waals surface area contributed by atoms with Crippen LogP contribution in [0.1, 0.15) is 5.56 Å². The zero-order valence-corrected chi connectivity index (χ0v) is 10.7. The molecule has 0 bridgehead atoms. The lowest BCUT2D eigenvalue weighted by molar-refractivity contribution is 0.201. The van der Waals surface area contributed by atoms with Gasteiger partial charge in [0, 0.05) is 5.56 Å². The van der Waals surface area contributed by atoms with Gasteiger partial charge in [0.05, 0.1) is 6.61 Å². The minimum absolute atomic E-state index is 0.0551. The van der Waals surface area contributed by atoms with Crippen molar-refractivity contribution in [1.29, 1.82) is 0 Å². The first-order valence-corrected chi connectivity index (χ1v) is 6.09. The highest BCUT2D eigenvalue weighted by molar-refractivity contribution is 5.31. The molecule has 0 aliphatic heterocycles. The summed E-state index contributed by atoms with van der Waals surface area (Å²) < 4.78 is 36.9. The standard InChI is InChI=1S/C15H14F2O3/c16-12-1-6-15(17)11(9-12)10-20-14-4-2-13(3-5-14)19-8-7-18/h1-6,9,18H,7-8,10H2. The fourth-order valence-corrected chi connectivity index (χ4v) is 1.61. The van der Waals surface area contributed by atoms with Crippen LogP contribution < -0.4 is 9.47 Å². The van der Waals surface area contributed by atoms with Crippen molar-refractivity contribution in [1.82, 2.24) is 0 Å². The second-order valence-electron chi connectivity index (χ2n) is 4.07. The molecule has 0 aromatic heterocycles. The van der Waals surface area contributed by atoms with E-state index in [1.165, 1.54) is 0 Å². The summed E-state index contributed by atoms with van der Waals surface area (Å²) in [6, 6.07) is 9.90. The predicted octanol–water partition coefficient (Wildman–Crippen LogP) is 2.91. The molecule has 0 amide bonds. The van der Waals surface area contributed by atoms with Gasteiger partial charge in [0.2, 0.25) is 0 Å². The molecular weight excluding hydrogens is 266 g/mol. The maximum absolute atomic E-state index is 13.4. The minimum Gasteiger partial charge on any atom is -0.491 e. The van der Waals surface area contributed by atoms with E-state index in [9.17, 15) is 8.78 Å². The summed E-state index contributed by atoms with van der Waals surface area (Å²) in [5.41, 5.74) is 0.158. The number of hydrogen-bond donors (Lipinski definition) is 1. The first-order valence-electron chi connectivity index (χ1n) is 6.09. The van der Waals surface area contributed by atoms with Crippen molar-refractivity contribution in [2.45, 2.75) is 6.61 Å². The highest BCUT2D eigenvalue weighted by atomic mass is 19.1. The van der Waals surface area contributed by atoms with E-state index >= 15 is 0 Å². The maximum Gasteiger partial charge on any atom is 0.130 e. The molecule has 0 heterocycles. The van der Waals surface area contributed by atoms with Crippen molar-refractivity contribution in [3.63, 3.8) is 0 Å². The number of ether oxygens (including phenoxy) is 2. The molecule has 0 spiro atoms. The molecule has 2 aromatic carbocycles. The van der Waals surface area contributed by atoms with Gasteiger partial charge in [0.25, 0.3) is 0 Å². The molecule has 106 valence electrons. The molecule has 5 heteroatoms. The lowest BCUT2D eigenvalue weighted by Crippen LogP contribution is -2.02. The van der Waals surface area contributed by atoms with Crippen molar-refractivity contribution in [2.24, 2.45) is 0 Å². The van der Waals surface area contributed by atoms with Gasteiger partial charge in [-0.25, -0.2) is 8.78 Å². The molecule has 3 nitrogen and oxygen atoms in total. The number of rotatable bonds is 6. The lowest BCUT2D eigenvalue weighted by atomic mass is 10.2. The van der Waals surface area contributed by atoms with Gasteiger partial charge in [0.1, 0.15) is 36.3 Å². The van der Waals surface area contributed by atoms with Crippen molar-refractivity contribution in [2.75, 3.05) is 13.2 Å². The van der Waals surface area contributed by atoms with Gasteiger partial charge >= 0.3 is 0 Å². The summed E-state index contributed by atoms with van der Waals surface area (Å²) >= 11 is 0. The van der Waals surface area contributed by atoms with E-state index < -0.39 is 11.6 Å². The molecular formula is C15H14F2O3. The zero-order valence-electron chi connectivity index (χ0n) is 10.7. The average Bonchev–Trinajstić information content (AvgIpc) is 2.47. The van der Waals surface area contributed by atoms with Gasteiger partial charge in [-0.15, -0.1) is 0 Å². The van der Waals surface area contributed by atoms with Gasteiger partial charge in [-0.2, -0.15) is 0 Å². The largest absolute Gasteiger partial charge is 0.491 e. The van der Waals surface area contributed by atoms with Crippen LogP contribution in [0.4, 0.5) is 8.78 Å². The van der Waals surface area contributed by atoms with Crippen LogP contribution in [0.15, 0.2) is 42.5 Å². The Kier molecular flexibility index (Phi) is 4.90. The Labute approximate surface area is 115 Å². The van der Waals surface area contributed by atoms with Gasteiger partial charge in [-0.3, -0.25) is 0 Å². The summed E-state index contributed by atoms with van der Waals surface area (Å²) in [6.07, 6.45) is 0. The Bertz CT molecular complexity index is 556. The van der Waals surface area contributed by atoms with E-state index in [4.69, 9.17) is 14.6 Å². The van der Waals surface area contributed by atoms with Crippen LogP contribution in [0.5, 0.6) is 11.5 Å². The fraction of sp³-hybridized carbons (Fsp3) is 0.200. The first kappa shape index (κ1) is 14.3. The van der Waals surface area contributed by atoms with Crippen LogP contribution in [0.25, 0.3) is 0 Å². The van der Waals surface area contributed by atoms with Crippen LogP contribution in [-0.2, 0) is 6.61 Å². The fourth-order valence-electron chi connectivity index (χ4n) is 1.61. The lowest BCUT2D eigenvalue weighted by Gasteiger charge is -2.09. The molecule has 0 atom stereocenters. The number of halogens is 2. The van der Waals surface area contributed by atoms with Crippen LogP contribution in [0, 0.1) is 11.6 Å². The van der Waals surface area contributed by atoms with Crippen LogP contribution in [0.3, 0.4) is 0 Å². The molecule has 20 heavy (non-hydrogen) atoms. The van der Waals surface area contributed by atoms with E-state index in [0.717, 1.165) is 18.2 Å².